The first-order chi connectivity index (χ1) is 35.5. The molecule has 1 amide bonds. The number of hydrogen-bond acceptors (Lipinski definition) is 5. The largest absolute Gasteiger partial charge is 0.472 e. The molecule has 0 saturated heterocycles. The van der Waals surface area contributed by atoms with Crippen LogP contribution in [0.2, 0.25) is 0 Å². The molecule has 0 aromatic heterocycles. The molecule has 0 aliphatic rings. The lowest BCUT2D eigenvalue weighted by Crippen LogP contribution is -2.45. The van der Waals surface area contributed by atoms with Crippen molar-refractivity contribution in [2.45, 2.75) is 264 Å². The molecule has 0 spiro atoms. The number of unbranched alkanes of at least 4 members (excludes halogenated alkanes) is 27. The van der Waals surface area contributed by atoms with Crippen molar-refractivity contribution in [1.29, 1.82) is 0 Å². The van der Waals surface area contributed by atoms with Crippen molar-refractivity contribution >= 4 is 13.7 Å². The highest BCUT2D eigenvalue weighted by Gasteiger charge is 2.27. The van der Waals surface area contributed by atoms with E-state index in [-0.39, 0.29) is 19.1 Å². The normalized spacial score (nSPS) is 14.6. The molecule has 0 radical (unpaired) electrons. The Bertz CT molecular complexity index is 1510. The van der Waals surface area contributed by atoms with Gasteiger partial charge in [0.25, 0.3) is 0 Å². The molecule has 9 heteroatoms. The molecule has 8 nitrogen and oxygen atoms in total. The number of phosphoric acid groups is 1. The van der Waals surface area contributed by atoms with Crippen molar-refractivity contribution < 1.29 is 32.9 Å². The van der Waals surface area contributed by atoms with Gasteiger partial charge in [-0.05, 0) is 89.9 Å². The van der Waals surface area contributed by atoms with Crippen LogP contribution in [0.4, 0.5) is 0 Å². The number of hydrogen-bond donors (Lipinski definition) is 3. The lowest BCUT2D eigenvalue weighted by Gasteiger charge is -2.25. The van der Waals surface area contributed by atoms with E-state index in [1.807, 2.05) is 27.2 Å². The number of carbonyl (C=O) groups excluding carboxylic acids is 1. The third-order valence-corrected chi connectivity index (χ3v) is 14.0. The summed E-state index contributed by atoms with van der Waals surface area (Å²) < 4.78 is 23.7. The fourth-order valence-electron chi connectivity index (χ4n) is 8.34. The summed E-state index contributed by atoms with van der Waals surface area (Å²) in [5, 5.41) is 13.9. The molecule has 0 bridgehead atoms. The number of aliphatic hydroxyl groups is 1. The summed E-state index contributed by atoms with van der Waals surface area (Å²) in [6.07, 6.45) is 78.1. The third kappa shape index (κ3) is 57.0. The number of likely N-dealkylation sites (N-methyl/N-ethyl adjacent to an activating group) is 1. The Hall–Kier alpha value is -2.58. The summed E-state index contributed by atoms with van der Waals surface area (Å²) in [5.41, 5.74) is 0. The van der Waals surface area contributed by atoms with Gasteiger partial charge in [0.2, 0.25) is 5.91 Å². The van der Waals surface area contributed by atoms with Gasteiger partial charge in [-0.3, -0.25) is 13.8 Å². The smallest absolute Gasteiger partial charge is 0.387 e. The molecule has 73 heavy (non-hydrogen) atoms. The van der Waals surface area contributed by atoms with Gasteiger partial charge in [0.1, 0.15) is 13.2 Å². The Labute approximate surface area is 451 Å². The van der Waals surface area contributed by atoms with Gasteiger partial charge in [-0.2, -0.15) is 0 Å². The van der Waals surface area contributed by atoms with Gasteiger partial charge in [0.05, 0.1) is 39.9 Å². The van der Waals surface area contributed by atoms with Crippen molar-refractivity contribution in [2.24, 2.45) is 0 Å². The molecule has 0 rings (SSSR count). The molecule has 0 aliphatic carbocycles. The highest BCUT2D eigenvalue weighted by atomic mass is 31.2. The Morgan fingerprint density at radius 2 is 0.836 bits per heavy atom. The van der Waals surface area contributed by atoms with E-state index in [0.717, 1.165) is 77.0 Å². The number of allylic oxidation sites excluding steroid dienone is 15. The van der Waals surface area contributed by atoms with E-state index in [9.17, 15) is 19.4 Å². The first-order valence-electron chi connectivity index (χ1n) is 30.1. The van der Waals surface area contributed by atoms with Crippen molar-refractivity contribution in [3.63, 3.8) is 0 Å². The summed E-state index contributed by atoms with van der Waals surface area (Å²) in [6, 6.07) is -0.873. The van der Waals surface area contributed by atoms with Gasteiger partial charge in [-0.1, -0.05) is 252 Å². The average Bonchev–Trinajstić information content (AvgIpc) is 3.35. The molecular weight excluding hydrogens is 924 g/mol. The van der Waals surface area contributed by atoms with E-state index in [0.29, 0.717) is 17.4 Å². The van der Waals surface area contributed by atoms with Crippen LogP contribution in [0, 0.1) is 0 Å². The lowest BCUT2D eigenvalue weighted by molar-refractivity contribution is -0.870. The van der Waals surface area contributed by atoms with Crippen molar-refractivity contribution in [2.75, 3.05) is 40.9 Å². The first kappa shape index (κ1) is 70.4. The fraction of sp³-hybridized carbons (Fsp3) is 0.734. The Balaban J connectivity index is 4.08. The van der Waals surface area contributed by atoms with Gasteiger partial charge in [-0.25, -0.2) is 4.57 Å². The van der Waals surface area contributed by atoms with Crippen LogP contribution in [-0.2, 0) is 18.4 Å². The second kappa shape index (κ2) is 54.2. The molecular formula is C64H116N2O6P+. The number of rotatable bonds is 54. The topological polar surface area (TPSA) is 105 Å². The number of nitrogens with zero attached hydrogens (tertiary/aromatic N) is 1. The molecule has 0 heterocycles. The maximum atomic E-state index is 13.0. The molecule has 0 aromatic rings. The lowest BCUT2D eigenvalue weighted by atomic mass is 10.0. The zero-order chi connectivity index (χ0) is 53.5. The molecule has 422 valence electrons. The van der Waals surface area contributed by atoms with Crippen LogP contribution in [0.3, 0.4) is 0 Å². The summed E-state index contributed by atoms with van der Waals surface area (Å²) in [5.74, 6) is -0.192. The van der Waals surface area contributed by atoms with E-state index in [1.165, 1.54) is 154 Å². The molecule has 0 aliphatic heterocycles. The van der Waals surface area contributed by atoms with E-state index in [1.54, 1.807) is 6.08 Å². The zero-order valence-electron chi connectivity index (χ0n) is 48.1. The SMILES string of the molecule is CC/C=C\C/C=C\C/C=C\C/C=C\C/C=C\CCCCCCCCCCCCCCCCCCCCCC(=O)NC(COP(=O)(O)OCC[N+](C)(C)C)C(O)/C=C/CC/C=C/CC/C=C/CCCCCCCC. The highest BCUT2D eigenvalue weighted by Crippen LogP contribution is 2.43. The molecule has 3 unspecified atom stereocenters. The Morgan fingerprint density at radius 1 is 0.479 bits per heavy atom. The maximum Gasteiger partial charge on any atom is 0.472 e. The number of nitrogens with one attached hydrogen (secondary N) is 1. The van der Waals surface area contributed by atoms with Crippen LogP contribution < -0.4 is 5.32 Å². The van der Waals surface area contributed by atoms with Crippen LogP contribution in [0.15, 0.2) is 97.2 Å². The van der Waals surface area contributed by atoms with Crippen LogP contribution in [0.25, 0.3) is 0 Å². The van der Waals surface area contributed by atoms with Crippen molar-refractivity contribution in [1.82, 2.24) is 5.32 Å². The zero-order valence-corrected chi connectivity index (χ0v) is 49.0. The van der Waals surface area contributed by atoms with E-state index >= 15 is 0 Å². The van der Waals surface area contributed by atoms with E-state index in [4.69, 9.17) is 9.05 Å². The predicted octanol–water partition coefficient (Wildman–Crippen LogP) is 18.6. The molecule has 3 atom stereocenters. The molecule has 0 aromatic carbocycles. The minimum absolute atomic E-state index is 0.0512. The second-order valence-electron chi connectivity index (χ2n) is 21.3. The first-order valence-corrected chi connectivity index (χ1v) is 31.6. The van der Waals surface area contributed by atoms with Crippen LogP contribution in [0.1, 0.15) is 251 Å². The van der Waals surface area contributed by atoms with Crippen molar-refractivity contribution in [3.8, 4) is 0 Å². The van der Waals surface area contributed by atoms with Gasteiger partial charge in [-0.15, -0.1) is 0 Å². The number of aliphatic hydroxyl groups excluding tert-OH is 1. The molecule has 0 fully saturated rings. The van der Waals surface area contributed by atoms with Crippen LogP contribution >= 0.6 is 7.82 Å². The summed E-state index contributed by atoms with van der Waals surface area (Å²) in [7, 11) is 1.54. The van der Waals surface area contributed by atoms with Gasteiger partial charge >= 0.3 is 7.82 Å². The highest BCUT2D eigenvalue weighted by molar-refractivity contribution is 7.47. The number of phosphoric ester groups is 1. The summed E-state index contributed by atoms with van der Waals surface area (Å²) >= 11 is 0. The molecule has 3 N–H and O–H groups in total. The second-order valence-corrected chi connectivity index (χ2v) is 22.8. The van der Waals surface area contributed by atoms with Crippen LogP contribution in [-0.4, -0.2) is 73.4 Å². The van der Waals surface area contributed by atoms with Gasteiger partial charge in [0.15, 0.2) is 0 Å². The third-order valence-electron chi connectivity index (χ3n) is 13.0. The van der Waals surface area contributed by atoms with E-state index < -0.39 is 20.0 Å². The minimum Gasteiger partial charge on any atom is -0.387 e. The van der Waals surface area contributed by atoms with Gasteiger partial charge in [0, 0.05) is 6.42 Å². The molecule has 0 saturated carbocycles. The Morgan fingerprint density at radius 3 is 1.26 bits per heavy atom. The quantitative estimate of drug-likeness (QED) is 0.0243. The predicted molar refractivity (Wildman–Crippen MR) is 318 cm³/mol. The summed E-state index contributed by atoms with van der Waals surface area (Å²) in [6.45, 7) is 4.67. The summed E-state index contributed by atoms with van der Waals surface area (Å²) in [4.78, 5) is 23.3. The van der Waals surface area contributed by atoms with Gasteiger partial charge < -0.3 is 19.8 Å². The standard InChI is InChI=1S/C64H115N2O6P/c1-6-8-10-12-14-16-18-20-22-24-25-26-27-28-29-30-31-32-33-34-35-36-37-38-39-40-41-42-44-46-48-50-52-54-56-58-64(68)65-62(61-72-73(69,70)71-60-59-66(3,4)5)63(67)57-55-53-51-49-47-45-43-23-21-19-17-15-13-11-9-7-2/h8,10,14,16,20-23,25-26,28-29,47,49,55,57,62-63,67H,6-7,9,11-13,15,17-19,24,27,30-46,48,50-54,56,58-61H2,1-5H3,(H-,65,68,69,70)/p+1/b10-8-,16-14-,22-20-,23-21+,26-25-,29-28-,49-47+,57-55+. The monoisotopic (exact) mass is 1040 g/mol. The number of carbonyl (C=O) groups is 1. The Kier molecular flexibility index (Phi) is 52.3. The van der Waals surface area contributed by atoms with Crippen molar-refractivity contribution in [3.05, 3.63) is 97.2 Å². The minimum atomic E-state index is -4.36. The fourth-order valence-corrected chi connectivity index (χ4v) is 9.07. The van der Waals surface area contributed by atoms with Crippen LogP contribution in [0.5, 0.6) is 0 Å². The maximum absolute atomic E-state index is 13.0. The van der Waals surface area contributed by atoms with E-state index in [2.05, 4.69) is 104 Å². The number of amides is 1. The average molecular weight is 1040 g/mol. The number of quaternary nitrogens is 1.